The smallest absolute Gasteiger partial charge is 0.284 e. The van der Waals surface area contributed by atoms with E-state index in [0.29, 0.717) is 6.42 Å². The highest BCUT2D eigenvalue weighted by Crippen LogP contribution is 2.36. The van der Waals surface area contributed by atoms with Crippen molar-refractivity contribution in [3.05, 3.63) is 39.9 Å². The number of sulfonamides is 1. The van der Waals surface area contributed by atoms with Crippen LogP contribution in [0.4, 0.5) is 0 Å². The fourth-order valence-corrected chi connectivity index (χ4v) is 5.36. The van der Waals surface area contributed by atoms with Crippen molar-refractivity contribution >= 4 is 10.0 Å². The van der Waals surface area contributed by atoms with E-state index in [1.54, 1.807) is 26.0 Å². The van der Waals surface area contributed by atoms with Crippen molar-refractivity contribution in [3.63, 3.8) is 0 Å². The minimum atomic E-state index is -3.93. The summed E-state index contributed by atoms with van der Waals surface area (Å²) in [6.07, 6.45) is 4.41. The molecule has 1 aromatic carbocycles. The molecule has 9 heteroatoms. The number of hydrogen-bond donors (Lipinski definition) is 1. The summed E-state index contributed by atoms with van der Waals surface area (Å²) in [4.78, 5) is 11.8. The van der Waals surface area contributed by atoms with Gasteiger partial charge in [0.15, 0.2) is 5.79 Å². The SMILES string of the molecule is Cc1ccc(S(=O)(=O)NC(CC2CCCC2)C2([N+](=O)[O-])COC(C)(C)OC2)cc1. The third kappa shape index (κ3) is 4.96. The van der Waals surface area contributed by atoms with Crippen LogP contribution in [0.5, 0.6) is 0 Å². The Balaban J connectivity index is 1.92. The highest BCUT2D eigenvalue weighted by molar-refractivity contribution is 7.89. The van der Waals surface area contributed by atoms with Gasteiger partial charge in [0.2, 0.25) is 10.0 Å². The van der Waals surface area contributed by atoms with Gasteiger partial charge in [-0.05, 0) is 45.2 Å². The first kappa shape index (κ1) is 22.1. The van der Waals surface area contributed by atoms with Crippen LogP contribution in [-0.4, -0.2) is 43.9 Å². The number of hydrogen-bond acceptors (Lipinski definition) is 6. The molecule has 1 aliphatic heterocycles. The van der Waals surface area contributed by atoms with Crippen LogP contribution in [0, 0.1) is 23.0 Å². The van der Waals surface area contributed by atoms with Gasteiger partial charge >= 0.3 is 0 Å². The van der Waals surface area contributed by atoms with Crippen LogP contribution in [-0.2, 0) is 19.5 Å². The summed E-state index contributed by atoms with van der Waals surface area (Å²) in [5.41, 5.74) is -0.736. The summed E-state index contributed by atoms with van der Waals surface area (Å²) < 4.78 is 40.0. The van der Waals surface area contributed by atoms with Gasteiger partial charge in [-0.25, -0.2) is 13.1 Å². The Morgan fingerprint density at radius 2 is 1.72 bits per heavy atom. The van der Waals surface area contributed by atoms with Gasteiger partial charge in [0.1, 0.15) is 13.2 Å². The zero-order valence-corrected chi connectivity index (χ0v) is 18.0. The predicted octanol–water partition coefficient (Wildman–Crippen LogP) is 3.02. The molecule has 0 amide bonds. The van der Waals surface area contributed by atoms with Crippen molar-refractivity contribution in [2.45, 2.75) is 75.1 Å². The van der Waals surface area contributed by atoms with Crippen LogP contribution >= 0.6 is 0 Å². The summed E-state index contributed by atoms with van der Waals surface area (Å²) in [6.45, 7) is 4.84. The number of nitrogens with zero attached hydrogens (tertiary/aromatic N) is 1. The van der Waals surface area contributed by atoms with E-state index in [0.717, 1.165) is 31.2 Å². The molecule has 1 unspecified atom stereocenters. The molecule has 2 fully saturated rings. The first-order valence-corrected chi connectivity index (χ1v) is 11.5. The highest BCUT2D eigenvalue weighted by Gasteiger charge is 2.57. The van der Waals surface area contributed by atoms with E-state index in [2.05, 4.69) is 4.72 Å². The van der Waals surface area contributed by atoms with Crippen LogP contribution in [0.25, 0.3) is 0 Å². The average Bonchev–Trinajstić information content (AvgIpc) is 3.14. The maximum Gasteiger partial charge on any atom is 0.284 e. The van der Waals surface area contributed by atoms with E-state index in [9.17, 15) is 18.5 Å². The lowest BCUT2D eigenvalue weighted by Gasteiger charge is -2.42. The molecule has 2 aliphatic rings. The molecule has 1 saturated heterocycles. The largest absolute Gasteiger partial charge is 0.343 e. The van der Waals surface area contributed by atoms with E-state index < -0.39 is 32.3 Å². The second-order valence-electron chi connectivity index (χ2n) is 8.71. The number of ether oxygens (including phenoxy) is 2. The van der Waals surface area contributed by atoms with E-state index in [4.69, 9.17) is 9.47 Å². The number of nitrogens with one attached hydrogen (secondary N) is 1. The van der Waals surface area contributed by atoms with Gasteiger partial charge < -0.3 is 9.47 Å². The van der Waals surface area contributed by atoms with E-state index in [1.165, 1.54) is 12.1 Å². The summed E-state index contributed by atoms with van der Waals surface area (Å²) in [5, 5.41) is 12.2. The Hall–Kier alpha value is -1.55. The Labute approximate surface area is 172 Å². The summed E-state index contributed by atoms with van der Waals surface area (Å²) in [5.74, 6) is -0.694. The zero-order chi connectivity index (χ0) is 21.3. The van der Waals surface area contributed by atoms with E-state index in [-0.39, 0.29) is 24.0 Å². The van der Waals surface area contributed by atoms with Gasteiger partial charge in [0, 0.05) is 4.92 Å². The molecule has 162 valence electrons. The molecule has 1 atom stereocenters. The fourth-order valence-electron chi connectivity index (χ4n) is 4.04. The first-order chi connectivity index (χ1) is 13.5. The highest BCUT2D eigenvalue weighted by atomic mass is 32.2. The Morgan fingerprint density at radius 3 is 2.24 bits per heavy atom. The Bertz CT molecular complexity index is 821. The number of benzene rings is 1. The normalized spacial score (nSPS) is 23.0. The maximum atomic E-state index is 13.0. The van der Waals surface area contributed by atoms with Crippen LogP contribution in [0.3, 0.4) is 0 Å². The Kier molecular flexibility index (Phi) is 6.33. The lowest BCUT2D eigenvalue weighted by Crippen LogP contribution is -2.66. The number of nitro groups is 1. The third-order valence-electron chi connectivity index (χ3n) is 6.02. The lowest BCUT2D eigenvalue weighted by atomic mass is 9.84. The molecular weight excluding hydrogens is 396 g/mol. The molecule has 1 aromatic rings. The molecule has 0 spiro atoms. The van der Waals surface area contributed by atoms with Crippen LogP contribution < -0.4 is 4.72 Å². The van der Waals surface area contributed by atoms with E-state index in [1.807, 2.05) is 6.92 Å². The van der Waals surface area contributed by atoms with E-state index >= 15 is 0 Å². The summed E-state index contributed by atoms with van der Waals surface area (Å²) >= 11 is 0. The van der Waals surface area contributed by atoms with Gasteiger partial charge in [-0.1, -0.05) is 43.4 Å². The van der Waals surface area contributed by atoms with Crippen LogP contribution in [0.2, 0.25) is 0 Å². The van der Waals surface area contributed by atoms with Gasteiger partial charge in [0.05, 0.1) is 10.9 Å². The van der Waals surface area contributed by atoms with Crippen molar-refractivity contribution in [3.8, 4) is 0 Å². The second-order valence-corrected chi connectivity index (χ2v) is 10.4. The van der Waals surface area contributed by atoms with Crippen LogP contribution in [0.15, 0.2) is 29.2 Å². The molecule has 29 heavy (non-hydrogen) atoms. The minimum absolute atomic E-state index is 0.0935. The summed E-state index contributed by atoms with van der Waals surface area (Å²) in [7, 11) is -3.93. The molecule has 0 radical (unpaired) electrons. The zero-order valence-electron chi connectivity index (χ0n) is 17.2. The number of rotatable bonds is 7. The number of aryl methyl sites for hydroxylation is 1. The molecule has 0 aromatic heterocycles. The van der Waals surface area contributed by atoms with Gasteiger partial charge in [-0.2, -0.15) is 0 Å². The minimum Gasteiger partial charge on any atom is -0.343 e. The van der Waals surface area contributed by atoms with Gasteiger partial charge in [-0.3, -0.25) is 10.1 Å². The lowest BCUT2D eigenvalue weighted by molar-refractivity contribution is -0.600. The van der Waals surface area contributed by atoms with Crippen molar-refractivity contribution in [1.29, 1.82) is 0 Å². The van der Waals surface area contributed by atoms with Gasteiger partial charge in [-0.15, -0.1) is 0 Å². The van der Waals surface area contributed by atoms with Crippen molar-refractivity contribution in [1.82, 2.24) is 4.72 Å². The maximum absolute atomic E-state index is 13.0. The van der Waals surface area contributed by atoms with Crippen molar-refractivity contribution in [2.24, 2.45) is 5.92 Å². The average molecular weight is 427 g/mol. The predicted molar refractivity (Wildman–Crippen MR) is 108 cm³/mol. The fraction of sp³-hybridized carbons (Fsp3) is 0.700. The second kappa shape index (κ2) is 8.29. The summed E-state index contributed by atoms with van der Waals surface area (Å²) in [6, 6.07) is 5.52. The monoisotopic (exact) mass is 426 g/mol. The molecular formula is C20H30N2O6S. The van der Waals surface area contributed by atoms with Gasteiger partial charge in [0.25, 0.3) is 5.54 Å². The molecule has 1 aliphatic carbocycles. The molecule has 1 saturated carbocycles. The molecule has 0 bridgehead atoms. The quantitative estimate of drug-likeness (QED) is 0.530. The first-order valence-electron chi connectivity index (χ1n) is 10.1. The van der Waals surface area contributed by atoms with Crippen molar-refractivity contribution < 1.29 is 22.8 Å². The standard InChI is InChI=1S/C20H30N2O6S/c1-15-8-10-17(11-9-15)29(25,26)21-18(12-16-6-4-5-7-16)20(22(23)24)13-27-19(2,3)28-14-20/h8-11,16,18,21H,4-7,12-14H2,1-3H3. The molecule has 8 nitrogen and oxygen atoms in total. The molecule has 3 rings (SSSR count). The third-order valence-corrected chi connectivity index (χ3v) is 7.51. The molecule has 1 heterocycles. The Morgan fingerprint density at radius 1 is 1.17 bits per heavy atom. The topological polar surface area (TPSA) is 108 Å². The molecule has 1 N–H and O–H groups in total. The van der Waals surface area contributed by atoms with Crippen LogP contribution in [0.1, 0.15) is 51.5 Å². The van der Waals surface area contributed by atoms with Crippen molar-refractivity contribution in [2.75, 3.05) is 13.2 Å².